The fourth-order valence-corrected chi connectivity index (χ4v) is 14.4. The smallest absolute Gasteiger partial charge is 0.327 e. The Morgan fingerprint density at radius 1 is 0.569 bits per heavy atom. The number of nitrogens with two attached hydrogens (primary N) is 1. The average Bonchev–Trinajstić information content (AvgIpc) is 0.930. The summed E-state index contributed by atoms with van der Waals surface area (Å²) in [6.45, 7) is 8.99. The molecule has 0 bridgehead atoms. The van der Waals surface area contributed by atoms with Crippen molar-refractivity contribution in [3.8, 4) is 5.75 Å². The molecular formula is C60H90N16O22S4. The fourth-order valence-electron chi connectivity index (χ4n) is 9.74. The first kappa shape index (κ1) is 85.7. The van der Waals surface area contributed by atoms with Crippen LogP contribution in [0.2, 0.25) is 0 Å². The highest BCUT2D eigenvalue weighted by Gasteiger charge is 2.40. The number of phenolic OH excluding ortho intramolecular Hbond substituents is 1. The van der Waals surface area contributed by atoms with Crippen LogP contribution in [0.4, 0.5) is 0 Å². The minimum absolute atomic E-state index is 0.157. The molecule has 3 saturated heterocycles. The molecule has 0 saturated carbocycles. The van der Waals surface area contributed by atoms with Crippen LogP contribution in [0.1, 0.15) is 92.6 Å². The van der Waals surface area contributed by atoms with E-state index in [1.165, 1.54) is 52.0 Å². The monoisotopic (exact) mass is 1510 g/mol. The maximum atomic E-state index is 14.4. The molecule has 0 spiro atoms. The predicted molar refractivity (Wildman–Crippen MR) is 369 cm³/mol. The molecule has 3 fully saturated rings. The Morgan fingerprint density at radius 3 is 1.68 bits per heavy atom. The number of carbonyl (C=O) groups is 17. The Balaban J connectivity index is 1.55. The van der Waals surface area contributed by atoms with Gasteiger partial charge >= 0.3 is 11.9 Å². The number of carboxylic acids is 2. The Bertz CT molecular complexity index is 3230. The molecule has 1 aromatic rings. The normalized spacial score (nSPS) is 23.9. The van der Waals surface area contributed by atoms with Crippen molar-refractivity contribution < 1.29 is 107 Å². The van der Waals surface area contributed by atoms with Crippen LogP contribution in [-0.4, -0.2) is 259 Å². The minimum Gasteiger partial charge on any atom is -0.508 e. The van der Waals surface area contributed by atoms with E-state index in [-0.39, 0.29) is 35.8 Å². The van der Waals surface area contributed by atoms with Gasteiger partial charge in [0.2, 0.25) is 88.6 Å². The van der Waals surface area contributed by atoms with Crippen molar-refractivity contribution in [2.75, 3.05) is 36.1 Å². The van der Waals surface area contributed by atoms with Gasteiger partial charge in [0.25, 0.3) is 0 Å². The lowest BCUT2D eigenvalue weighted by Gasteiger charge is -2.30. The summed E-state index contributed by atoms with van der Waals surface area (Å²) in [5, 5.41) is 87.1. The van der Waals surface area contributed by atoms with Gasteiger partial charge < -0.3 is 111 Å². The number of primary amides is 1. The number of hydrogen-bond acceptors (Lipinski definition) is 25. The van der Waals surface area contributed by atoms with Crippen LogP contribution >= 0.6 is 43.2 Å². The summed E-state index contributed by atoms with van der Waals surface area (Å²) in [4.78, 5) is 228. The highest BCUT2D eigenvalue weighted by molar-refractivity contribution is 8.77. The van der Waals surface area contributed by atoms with E-state index in [9.17, 15) is 107 Å². The fraction of sp³-hybridized carbons (Fsp3) is 0.617. The van der Waals surface area contributed by atoms with Gasteiger partial charge in [-0.3, -0.25) is 76.7 Å². The summed E-state index contributed by atoms with van der Waals surface area (Å²) >= 11 is 0. The number of rotatable bonds is 28. The van der Waals surface area contributed by atoms with E-state index in [1.807, 2.05) is 0 Å². The van der Waals surface area contributed by atoms with Crippen molar-refractivity contribution in [2.45, 2.75) is 190 Å². The van der Waals surface area contributed by atoms with Crippen LogP contribution < -0.4 is 85.5 Å². The highest BCUT2D eigenvalue weighted by Crippen LogP contribution is 2.26. The zero-order valence-corrected chi connectivity index (χ0v) is 60.0. The summed E-state index contributed by atoms with van der Waals surface area (Å²) in [6.07, 6.45) is -4.21. The van der Waals surface area contributed by atoms with Gasteiger partial charge in [0.1, 0.15) is 84.3 Å². The maximum Gasteiger partial charge on any atom is 0.327 e. The molecule has 0 radical (unpaired) electrons. The number of aromatic hydroxyl groups is 1. The Kier molecular flexibility index (Phi) is 35.3. The molecule has 3 aliphatic heterocycles. The highest BCUT2D eigenvalue weighted by atomic mass is 33.1. The van der Waals surface area contributed by atoms with Gasteiger partial charge in [-0.15, -0.1) is 0 Å². The number of nitrogens with one attached hydrogen (secondary N) is 15. The van der Waals surface area contributed by atoms with E-state index in [1.54, 1.807) is 13.8 Å². The summed E-state index contributed by atoms with van der Waals surface area (Å²) in [5.41, 5.74) is 5.75. The predicted octanol–water partition coefficient (Wildman–Crippen LogP) is -7.41. The van der Waals surface area contributed by atoms with Crippen molar-refractivity contribution in [3.63, 3.8) is 0 Å². The lowest BCUT2D eigenvalue weighted by atomic mass is 9.97. The van der Waals surface area contributed by atoms with Crippen molar-refractivity contribution in [3.05, 3.63) is 29.8 Å². The Labute approximate surface area is 601 Å². The molecule has 3 unspecified atom stereocenters. The number of aliphatic carboxylic acids is 2. The molecule has 38 nitrogen and oxygen atoms in total. The number of aliphatic hydroxyl groups excluding tert-OH is 2. The molecule has 17 atom stereocenters. The summed E-state index contributed by atoms with van der Waals surface area (Å²) in [6, 6.07) is -15.7. The van der Waals surface area contributed by atoms with Crippen LogP contribution in [0.15, 0.2) is 24.3 Å². The van der Waals surface area contributed by atoms with Crippen molar-refractivity contribution in [2.24, 2.45) is 11.7 Å². The number of carbonyl (C=O) groups excluding carboxylic acids is 15. The van der Waals surface area contributed by atoms with Gasteiger partial charge in [-0.2, -0.15) is 0 Å². The molecule has 0 aliphatic carbocycles. The van der Waals surface area contributed by atoms with E-state index >= 15 is 0 Å². The lowest BCUT2D eigenvalue weighted by Crippen LogP contribution is -2.63. The number of hydrogen-bond donors (Lipinski definition) is 21. The van der Waals surface area contributed by atoms with Crippen molar-refractivity contribution in [1.82, 2.24) is 79.8 Å². The van der Waals surface area contributed by atoms with Crippen molar-refractivity contribution >= 4 is 144 Å². The quantitative estimate of drug-likeness (QED) is 0.0347. The summed E-state index contributed by atoms with van der Waals surface area (Å²) in [5.74, 6) is -19.7. The van der Waals surface area contributed by atoms with E-state index < -0.39 is 235 Å². The van der Waals surface area contributed by atoms with Gasteiger partial charge in [-0.25, -0.2) is 4.79 Å². The molecule has 1 aromatic carbocycles. The average molecular weight is 1520 g/mol. The second-order valence-electron chi connectivity index (χ2n) is 24.3. The van der Waals surface area contributed by atoms with Gasteiger partial charge in [-0.05, 0) is 84.0 Å². The standard InChI is InChI=1S/C60H90N16O22S4/c1-8-25(2)44-58(95)72-37(21-99-100-22-38(55(92)68-34(51(88)74-44)15-16-43(82)83)73-59(96)46(30(7)78)76-53(90)36(19-41(61)80)70-50(87)33-10-9-17-62-33)54(91)66-28(5)48(85)69-35(18-31-11-13-32(79)14-12-31)52(89)65-26(3)47(84)64-27(4)49(86)71-39-23-101-102-24-40(60(97)98)67-42(81)20-63-57(94)45(29(6)77)75-56(39)93/h11-14,25-30,33-40,44-46,62,77-79H,8-10,15-24H2,1-7H3,(H2,61,80)(H,63,94)(H,64,84)(H,65,89)(H,66,91)(H,67,81)(H,68,92)(H,69,85)(H,70,87)(H,71,86)(H,72,95)(H,73,96)(H,74,88)(H,75,93)(H,76,90)(H,82,83)(H,97,98)/t25-,26-,27-,28-,29+,30+,33-,34-,35-,36-,37?,38-,39?,40-,44-,45?,46-/m0/s1. The van der Waals surface area contributed by atoms with E-state index in [2.05, 4.69) is 79.8 Å². The second-order valence-corrected chi connectivity index (χ2v) is 29.4. The molecular weight excluding hydrogens is 1430 g/mol. The largest absolute Gasteiger partial charge is 0.508 e. The number of carboxylic acid groups (broad SMARTS) is 2. The first-order valence-corrected chi connectivity index (χ1v) is 37.3. The molecule has 3 heterocycles. The number of benzene rings is 1. The van der Waals surface area contributed by atoms with Gasteiger partial charge in [0.05, 0.1) is 31.2 Å². The van der Waals surface area contributed by atoms with Gasteiger partial charge in [0.15, 0.2) is 0 Å². The zero-order chi connectivity index (χ0) is 76.2. The topological polar surface area (TPSA) is 598 Å². The van der Waals surface area contributed by atoms with E-state index in [4.69, 9.17) is 5.73 Å². The summed E-state index contributed by atoms with van der Waals surface area (Å²) < 4.78 is 0. The molecule has 0 aromatic heterocycles. The molecule has 3 aliphatic rings. The Morgan fingerprint density at radius 2 is 1.11 bits per heavy atom. The van der Waals surface area contributed by atoms with Crippen LogP contribution in [-0.2, 0) is 87.9 Å². The molecule has 42 heteroatoms. The van der Waals surface area contributed by atoms with Crippen LogP contribution in [0.25, 0.3) is 0 Å². The first-order chi connectivity index (χ1) is 48.0. The van der Waals surface area contributed by atoms with Gasteiger partial charge in [0, 0.05) is 35.9 Å². The third-order valence-electron chi connectivity index (χ3n) is 15.9. The lowest BCUT2D eigenvalue weighted by molar-refractivity contribution is -0.141. The molecule has 102 heavy (non-hydrogen) atoms. The molecule has 4 rings (SSSR count). The number of phenols is 1. The third kappa shape index (κ3) is 28.3. The summed E-state index contributed by atoms with van der Waals surface area (Å²) in [7, 11) is 3.53. The molecule has 22 N–H and O–H groups in total. The minimum atomic E-state index is -1.88. The van der Waals surface area contributed by atoms with Crippen LogP contribution in [0, 0.1) is 5.92 Å². The van der Waals surface area contributed by atoms with E-state index in [0.29, 0.717) is 24.9 Å². The maximum absolute atomic E-state index is 14.4. The Hall–Kier alpha value is -8.71. The second kappa shape index (κ2) is 42.0. The van der Waals surface area contributed by atoms with Gasteiger partial charge in [-0.1, -0.05) is 75.6 Å². The van der Waals surface area contributed by atoms with Crippen LogP contribution in [0.3, 0.4) is 0 Å². The first-order valence-electron chi connectivity index (χ1n) is 32.3. The SMILES string of the molecule is CC[C@H](C)[C@@H]1NC(=O)[C@H](CCC(=O)O)NC(=O)[C@@H](NC(=O)[C@@H](NC(=O)[C@H](CC(N)=O)NC(=O)[C@@H]2CCCN2)[C@@H](C)O)CSSCC(C(=O)N[C@@H](C)C(=O)N[C@@H](Cc2ccc(O)cc2)C(=O)N[C@@H](C)C(=O)N[C@@H](C)C(=O)NC2CSSC[C@@H](C(=O)O)NC(=O)CNC(=O)C([C@@H](C)O)NC2=O)NC1=O. The number of amides is 15. The number of aliphatic hydroxyl groups is 2. The molecule has 566 valence electrons. The molecule has 15 amide bonds. The third-order valence-corrected chi connectivity index (χ3v) is 20.8. The van der Waals surface area contributed by atoms with E-state index in [0.717, 1.165) is 50.1 Å². The zero-order valence-electron chi connectivity index (χ0n) is 56.7. The van der Waals surface area contributed by atoms with Crippen LogP contribution in [0.5, 0.6) is 5.75 Å². The van der Waals surface area contributed by atoms with Crippen molar-refractivity contribution in [1.29, 1.82) is 0 Å².